The minimum absolute atomic E-state index is 0.242. The van der Waals surface area contributed by atoms with Crippen molar-refractivity contribution in [3.8, 4) is 0 Å². The Hall–Kier alpha value is -0.790. The summed E-state index contributed by atoms with van der Waals surface area (Å²) >= 11 is 0. The molecule has 2 bridgehead atoms. The third-order valence-electron chi connectivity index (χ3n) is 5.06. The quantitative estimate of drug-likeness (QED) is 0.559. The van der Waals surface area contributed by atoms with Crippen molar-refractivity contribution in [3.63, 3.8) is 0 Å². The SMILES string of the molecule is C=C(C)C(=O)OC(C)(C)C1CC2CC(C)CC(C2)C1. The molecular weight excluding hydrogens is 236 g/mol. The lowest BCUT2D eigenvalue weighted by Crippen LogP contribution is -2.43. The van der Waals surface area contributed by atoms with Crippen LogP contribution in [0.3, 0.4) is 0 Å². The highest BCUT2D eigenvalue weighted by Crippen LogP contribution is 2.48. The van der Waals surface area contributed by atoms with Gasteiger partial charge < -0.3 is 4.74 Å². The summed E-state index contributed by atoms with van der Waals surface area (Å²) in [5, 5.41) is 0. The zero-order chi connectivity index (χ0) is 14.2. The molecule has 0 aromatic carbocycles. The molecule has 2 nitrogen and oxygen atoms in total. The number of hydrogen-bond donors (Lipinski definition) is 0. The van der Waals surface area contributed by atoms with Gasteiger partial charge in [0.2, 0.25) is 0 Å². The van der Waals surface area contributed by atoms with Crippen molar-refractivity contribution in [1.82, 2.24) is 0 Å². The minimum atomic E-state index is -0.354. The second-order valence-electron chi connectivity index (χ2n) is 7.49. The highest BCUT2D eigenvalue weighted by molar-refractivity contribution is 5.87. The van der Waals surface area contributed by atoms with Crippen LogP contribution in [-0.2, 0) is 9.53 Å². The Morgan fingerprint density at radius 3 is 2.11 bits per heavy atom. The number of esters is 1. The molecule has 0 aliphatic heterocycles. The van der Waals surface area contributed by atoms with E-state index in [2.05, 4.69) is 27.4 Å². The maximum Gasteiger partial charge on any atom is 0.333 e. The molecule has 2 unspecified atom stereocenters. The van der Waals surface area contributed by atoms with E-state index < -0.39 is 0 Å². The first-order valence-electron chi connectivity index (χ1n) is 7.66. The van der Waals surface area contributed by atoms with Gasteiger partial charge in [-0.15, -0.1) is 0 Å². The number of fused-ring (bicyclic) bond motifs is 2. The van der Waals surface area contributed by atoms with Crippen LogP contribution >= 0.6 is 0 Å². The van der Waals surface area contributed by atoms with Crippen LogP contribution in [0.2, 0.25) is 0 Å². The third-order valence-corrected chi connectivity index (χ3v) is 5.06. The monoisotopic (exact) mass is 264 g/mol. The molecule has 2 saturated carbocycles. The van der Waals surface area contributed by atoms with Crippen LogP contribution in [0.1, 0.15) is 59.8 Å². The van der Waals surface area contributed by atoms with Crippen molar-refractivity contribution in [3.05, 3.63) is 12.2 Å². The van der Waals surface area contributed by atoms with Crippen LogP contribution in [0.15, 0.2) is 12.2 Å². The van der Waals surface area contributed by atoms with Crippen molar-refractivity contribution >= 4 is 5.97 Å². The zero-order valence-corrected chi connectivity index (χ0v) is 12.9. The van der Waals surface area contributed by atoms with Gasteiger partial charge in [-0.05, 0) is 76.5 Å². The summed E-state index contributed by atoms with van der Waals surface area (Å²) in [6, 6.07) is 0. The maximum atomic E-state index is 11.8. The molecule has 0 aromatic heterocycles. The molecule has 0 heterocycles. The van der Waals surface area contributed by atoms with Crippen molar-refractivity contribution in [2.24, 2.45) is 23.7 Å². The largest absolute Gasteiger partial charge is 0.456 e. The van der Waals surface area contributed by atoms with Gasteiger partial charge in [0.15, 0.2) is 0 Å². The van der Waals surface area contributed by atoms with Crippen molar-refractivity contribution in [1.29, 1.82) is 0 Å². The summed E-state index contributed by atoms with van der Waals surface area (Å²) in [5.41, 5.74) is 0.144. The predicted molar refractivity (Wildman–Crippen MR) is 77.7 cm³/mol. The Morgan fingerprint density at radius 2 is 1.63 bits per heavy atom. The Balaban J connectivity index is 2.01. The number of hydrogen-bond acceptors (Lipinski definition) is 2. The fraction of sp³-hybridized carbons (Fsp3) is 0.824. The first kappa shape index (κ1) is 14.6. The van der Waals surface area contributed by atoms with Crippen LogP contribution in [0, 0.1) is 23.7 Å². The second kappa shape index (κ2) is 5.30. The predicted octanol–water partition coefficient (Wildman–Crippen LogP) is 4.35. The summed E-state index contributed by atoms with van der Waals surface area (Å²) in [4.78, 5) is 11.8. The fourth-order valence-electron chi connectivity index (χ4n) is 4.16. The topological polar surface area (TPSA) is 26.3 Å². The molecule has 0 aromatic rings. The minimum Gasteiger partial charge on any atom is -0.456 e. The van der Waals surface area contributed by atoms with E-state index in [-0.39, 0.29) is 11.6 Å². The molecule has 2 aliphatic rings. The van der Waals surface area contributed by atoms with Crippen LogP contribution in [0.4, 0.5) is 0 Å². The highest BCUT2D eigenvalue weighted by atomic mass is 16.6. The zero-order valence-electron chi connectivity index (χ0n) is 12.9. The van der Waals surface area contributed by atoms with Crippen molar-refractivity contribution in [2.45, 2.75) is 65.4 Å². The summed E-state index contributed by atoms with van der Waals surface area (Å²) in [5.74, 6) is 2.83. The summed E-state index contributed by atoms with van der Waals surface area (Å²) in [6.07, 6.45) is 6.55. The lowest BCUT2D eigenvalue weighted by atomic mass is 9.62. The summed E-state index contributed by atoms with van der Waals surface area (Å²) < 4.78 is 5.69. The molecule has 2 atom stereocenters. The smallest absolute Gasteiger partial charge is 0.333 e. The summed E-state index contributed by atoms with van der Waals surface area (Å²) in [6.45, 7) is 11.9. The molecule has 0 radical (unpaired) electrons. The first-order valence-corrected chi connectivity index (χ1v) is 7.66. The van der Waals surface area contributed by atoms with E-state index in [1.807, 2.05) is 0 Å². The molecule has 2 aliphatic carbocycles. The average Bonchev–Trinajstić information content (AvgIpc) is 2.26. The lowest BCUT2D eigenvalue weighted by molar-refractivity contribution is -0.160. The van der Waals surface area contributed by atoms with Crippen LogP contribution < -0.4 is 0 Å². The van der Waals surface area contributed by atoms with Gasteiger partial charge in [0, 0.05) is 5.57 Å². The third kappa shape index (κ3) is 3.40. The van der Waals surface area contributed by atoms with Gasteiger partial charge in [-0.25, -0.2) is 4.79 Å². The molecule has 2 heteroatoms. The number of carbonyl (C=O) groups is 1. The molecule has 0 N–H and O–H groups in total. The molecule has 108 valence electrons. The van der Waals surface area contributed by atoms with Gasteiger partial charge in [-0.1, -0.05) is 13.5 Å². The Kier molecular flexibility index (Phi) is 4.08. The van der Waals surface area contributed by atoms with Gasteiger partial charge in [0.1, 0.15) is 5.60 Å². The second-order valence-corrected chi connectivity index (χ2v) is 7.49. The van der Waals surface area contributed by atoms with Crippen molar-refractivity contribution < 1.29 is 9.53 Å². The maximum absolute atomic E-state index is 11.8. The standard InChI is InChI=1S/C17H28O2/c1-11(2)16(18)19-17(4,5)15-9-13-6-12(3)7-14(8-13)10-15/h12-15H,1,6-10H2,2-5H3. The molecule has 2 rings (SSSR count). The van der Waals surface area contributed by atoms with Gasteiger partial charge >= 0.3 is 5.97 Å². The van der Waals surface area contributed by atoms with E-state index in [1.54, 1.807) is 6.92 Å². The van der Waals surface area contributed by atoms with Crippen LogP contribution in [0.25, 0.3) is 0 Å². The molecule has 0 amide bonds. The molecule has 0 spiro atoms. The van der Waals surface area contributed by atoms with E-state index in [9.17, 15) is 4.79 Å². The normalized spacial score (nSPS) is 34.7. The Morgan fingerprint density at radius 1 is 1.11 bits per heavy atom. The average molecular weight is 264 g/mol. The van der Waals surface area contributed by atoms with Gasteiger partial charge in [0.25, 0.3) is 0 Å². The Bertz CT molecular complexity index is 351. The van der Waals surface area contributed by atoms with Crippen LogP contribution in [-0.4, -0.2) is 11.6 Å². The van der Waals surface area contributed by atoms with E-state index in [4.69, 9.17) is 4.74 Å². The van der Waals surface area contributed by atoms with Gasteiger partial charge in [-0.3, -0.25) is 0 Å². The Labute approximate surface area is 117 Å². The fourth-order valence-corrected chi connectivity index (χ4v) is 4.16. The van der Waals surface area contributed by atoms with E-state index in [1.165, 1.54) is 32.1 Å². The number of rotatable bonds is 3. The number of carbonyl (C=O) groups excluding carboxylic acids is 1. The van der Waals surface area contributed by atoms with Gasteiger partial charge in [-0.2, -0.15) is 0 Å². The first-order chi connectivity index (χ1) is 8.78. The highest BCUT2D eigenvalue weighted by Gasteiger charge is 2.42. The van der Waals surface area contributed by atoms with E-state index in [0.29, 0.717) is 11.5 Å². The van der Waals surface area contributed by atoms with E-state index >= 15 is 0 Å². The lowest BCUT2D eigenvalue weighted by Gasteiger charge is -2.46. The number of ether oxygens (including phenoxy) is 1. The molecule has 19 heavy (non-hydrogen) atoms. The summed E-state index contributed by atoms with van der Waals surface area (Å²) in [7, 11) is 0. The molecular formula is C17H28O2. The van der Waals surface area contributed by atoms with Crippen molar-refractivity contribution in [2.75, 3.05) is 0 Å². The molecule has 0 saturated heterocycles. The van der Waals surface area contributed by atoms with E-state index in [0.717, 1.165) is 17.8 Å². The van der Waals surface area contributed by atoms with Gasteiger partial charge in [0.05, 0.1) is 0 Å². The van der Waals surface area contributed by atoms with Crippen LogP contribution in [0.5, 0.6) is 0 Å². The molecule has 2 fully saturated rings.